The van der Waals surface area contributed by atoms with E-state index in [2.05, 4.69) is 9.97 Å². The zero-order chi connectivity index (χ0) is 18.1. The number of rotatable bonds is 0. The molecule has 0 radical (unpaired) electrons. The minimum atomic E-state index is -0.427. The fraction of sp³-hybridized carbons (Fsp3) is 0.222. The van der Waals surface area contributed by atoms with E-state index < -0.39 is 5.82 Å². The summed E-state index contributed by atoms with van der Waals surface area (Å²) in [7, 11) is 0. The molecule has 26 heavy (non-hydrogen) atoms. The van der Waals surface area contributed by atoms with Crippen LogP contribution in [0.4, 0.5) is 10.2 Å². The Kier molecular flexibility index (Phi) is 4.08. The molecule has 0 fully saturated rings. The molecule has 0 spiro atoms. The topological polar surface area (TPSA) is 95.2 Å². The maximum absolute atomic E-state index is 13.9. The fourth-order valence-corrected chi connectivity index (χ4v) is 2.92. The zero-order valence-corrected chi connectivity index (χ0v) is 13.9. The summed E-state index contributed by atoms with van der Waals surface area (Å²) in [6.45, 7) is 0.882. The van der Waals surface area contributed by atoms with Gasteiger partial charge in [0.05, 0.1) is 18.7 Å². The first-order chi connectivity index (χ1) is 12.6. The molecule has 0 saturated carbocycles. The number of benzene rings is 1. The van der Waals surface area contributed by atoms with Crippen LogP contribution in [-0.2, 0) is 6.54 Å². The van der Waals surface area contributed by atoms with Crippen molar-refractivity contribution in [2.75, 3.05) is 18.9 Å². The number of nitrogens with one attached hydrogen (secondary N) is 1. The summed E-state index contributed by atoms with van der Waals surface area (Å²) in [5, 5.41) is 0. The van der Waals surface area contributed by atoms with Crippen LogP contribution in [0.25, 0.3) is 11.0 Å². The molecule has 0 unspecified atom stereocenters. The molecule has 1 aliphatic rings. The number of nitrogens with two attached hydrogens (primary N) is 1. The van der Waals surface area contributed by atoms with Gasteiger partial charge in [-0.1, -0.05) is 12.2 Å². The minimum absolute atomic E-state index is 0.158. The monoisotopic (exact) mass is 356 g/mol. The summed E-state index contributed by atoms with van der Waals surface area (Å²) in [6, 6.07) is 6.05. The van der Waals surface area contributed by atoms with Gasteiger partial charge in [-0.15, -0.1) is 0 Å². The van der Waals surface area contributed by atoms with E-state index in [1.807, 2.05) is 12.2 Å². The molecule has 1 aromatic carbocycles. The van der Waals surface area contributed by atoms with Gasteiger partial charge >= 0.3 is 5.69 Å². The second-order valence-corrected chi connectivity index (χ2v) is 5.97. The van der Waals surface area contributed by atoms with Crippen molar-refractivity contribution in [1.29, 1.82) is 0 Å². The van der Waals surface area contributed by atoms with Gasteiger partial charge in [0.2, 0.25) is 5.88 Å². The predicted octanol–water partition coefficient (Wildman–Crippen LogP) is 2.21. The van der Waals surface area contributed by atoms with Crippen LogP contribution in [0.5, 0.6) is 11.6 Å². The Balaban J connectivity index is 1.86. The molecule has 0 aliphatic carbocycles. The van der Waals surface area contributed by atoms with Crippen LogP contribution < -0.4 is 20.9 Å². The van der Waals surface area contributed by atoms with E-state index in [0.29, 0.717) is 47.9 Å². The lowest BCUT2D eigenvalue weighted by Gasteiger charge is -2.09. The number of hydrogen-bond donors (Lipinski definition) is 2. The number of anilines is 1. The van der Waals surface area contributed by atoms with Crippen molar-refractivity contribution < 1.29 is 13.9 Å². The Morgan fingerprint density at radius 2 is 2.08 bits per heavy atom. The molecule has 4 bridgehead atoms. The Labute approximate surface area is 147 Å². The fourth-order valence-electron chi connectivity index (χ4n) is 2.92. The first-order valence-electron chi connectivity index (χ1n) is 8.19. The quantitative estimate of drug-likeness (QED) is 0.602. The number of halogens is 1. The molecule has 1 aliphatic heterocycles. The zero-order valence-electron chi connectivity index (χ0n) is 13.9. The average Bonchev–Trinajstić information content (AvgIpc) is 2.90. The van der Waals surface area contributed by atoms with Gasteiger partial charge in [-0.3, -0.25) is 4.57 Å². The molecule has 134 valence electrons. The van der Waals surface area contributed by atoms with Crippen molar-refractivity contribution in [2.45, 2.75) is 13.0 Å². The number of pyridine rings is 1. The molecule has 3 heterocycles. The predicted molar refractivity (Wildman–Crippen MR) is 95.0 cm³/mol. The number of H-pyrrole nitrogens is 1. The molecule has 7 nitrogen and oxygen atoms in total. The van der Waals surface area contributed by atoms with E-state index in [1.54, 1.807) is 12.1 Å². The molecule has 2 aromatic heterocycles. The van der Waals surface area contributed by atoms with Crippen molar-refractivity contribution in [2.24, 2.45) is 0 Å². The van der Waals surface area contributed by atoms with Crippen molar-refractivity contribution in [3.05, 3.63) is 58.3 Å². The van der Waals surface area contributed by atoms with Crippen LogP contribution in [0.15, 0.2) is 41.2 Å². The number of nitrogen functional groups attached to an aromatic ring is 1. The van der Waals surface area contributed by atoms with Crippen LogP contribution in [0.2, 0.25) is 0 Å². The van der Waals surface area contributed by atoms with Gasteiger partial charge in [0.15, 0.2) is 5.82 Å². The van der Waals surface area contributed by atoms with Crippen LogP contribution in [0, 0.1) is 5.82 Å². The van der Waals surface area contributed by atoms with Gasteiger partial charge in [-0.05, 0) is 24.1 Å². The molecule has 3 N–H and O–H groups in total. The summed E-state index contributed by atoms with van der Waals surface area (Å²) in [5.74, 6) is 0.494. The SMILES string of the molecule is Nc1nc2cc3c1[nH]c(=O)n3Cc1cc(F)cc(c1)OCC=CCCO2. The van der Waals surface area contributed by atoms with Gasteiger partial charge in [0.25, 0.3) is 0 Å². The van der Waals surface area contributed by atoms with Crippen LogP contribution in [0.3, 0.4) is 0 Å². The van der Waals surface area contributed by atoms with Gasteiger partial charge < -0.3 is 20.2 Å². The van der Waals surface area contributed by atoms with E-state index in [1.165, 1.54) is 16.7 Å². The van der Waals surface area contributed by atoms with E-state index in [4.69, 9.17) is 15.2 Å². The van der Waals surface area contributed by atoms with E-state index >= 15 is 0 Å². The van der Waals surface area contributed by atoms with Crippen molar-refractivity contribution in [3.63, 3.8) is 0 Å². The van der Waals surface area contributed by atoms with Crippen LogP contribution in [0.1, 0.15) is 12.0 Å². The smallest absolute Gasteiger partial charge is 0.326 e. The molecule has 0 atom stereocenters. The number of hydrogen-bond acceptors (Lipinski definition) is 5. The largest absolute Gasteiger partial charge is 0.489 e. The Bertz CT molecular complexity index is 1050. The van der Waals surface area contributed by atoms with Gasteiger partial charge in [0, 0.05) is 12.1 Å². The number of imidazole rings is 1. The van der Waals surface area contributed by atoms with Crippen molar-refractivity contribution >= 4 is 16.9 Å². The molecule has 4 rings (SSSR count). The van der Waals surface area contributed by atoms with Crippen molar-refractivity contribution in [3.8, 4) is 11.6 Å². The van der Waals surface area contributed by atoms with E-state index in [0.717, 1.165) is 0 Å². The maximum Gasteiger partial charge on any atom is 0.326 e. The number of nitrogens with zero attached hydrogens (tertiary/aromatic N) is 2. The third-order valence-corrected chi connectivity index (χ3v) is 4.09. The van der Waals surface area contributed by atoms with E-state index in [-0.39, 0.29) is 18.1 Å². The highest BCUT2D eigenvalue weighted by Crippen LogP contribution is 2.24. The molecule has 0 saturated heterocycles. The molecule has 0 amide bonds. The standard InChI is InChI=1S/C18H17FN4O3/c19-12-6-11-7-13(8-12)25-4-2-1-3-5-26-15-9-14-16(17(20)21-15)22-18(24)23(14)10-11/h1-2,6-9H,3-5,10H2,(H2,20,21)(H,22,24). The minimum Gasteiger partial charge on any atom is -0.489 e. The number of aromatic nitrogens is 3. The normalized spacial score (nSPS) is 14.5. The van der Waals surface area contributed by atoms with Gasteiger partial charge in [-0.2, -0.15) is 4.98 Å². The molecular formula is C18H17FN4O3. The second kappa shape index (κ2) is 6.55. The Morgan fingerprint density at radius 1 is 1.19 bits per heavy atom. The van der Waals surface area contributed by atoms with Crippen LogP contribution in [-0.4, -0.2) is 27.7 Å². The number of ether oxygens (including phenoxy) is 2. The third-order valence-electron chi connectivity index (χ3n) is 4.09. The average molecular weight is 356 g/mol. The van der Waals surface area contributed by atoms with Crippen LogP contribution >= 0.6 is 0 Å². The molecule has 8 heteroatoms. The van der Waals surface area contributed by atoms with E-state index in [9.17, 15) is 9.18 Å². The lowest BCUT2D eigenvalue weighted by atomic mass is 10.2. The highest BCUT2D eigenvalue weighted by molar-refractivity contribution is 5.85. The van der Waals surface area contributed by atoms with Crippen molar-refractivity contribution in [1.82, 2.24) is 14.5 Å². The lowest BCUT2D eigenvalue weighted by molar-refractivity contribution is 0.312. The summed E-state index contributed by atoms with van der Waals surface area (Å²) in [6.07, 6.45) is 4.40. The molecule has 3 aromatic rings. The summed E-state index contributed by atoms with van der Waals surface area (Å²) in [4.78, 5) is 19.2. The third kappa shape index (κ3) is 3.13. The lowest BCUT2D eigenvalue weighted by Crippen LogP contribution is -2.17. The number of aromatic amines is 1. The first kappa shape index (κ1) is 16.2. The second-order valence-electron chi connectivity index (χ2n) is 5.97. The van der Waals surface area contributed by atoms with Gasteiger partial charge in [0.1, 0.15) is 23.7 Å². The number of fused-ring (bicyclic) bond motifs is 3. The molecular weight excluding hydrogens is 339 g/mol. The summed E-state index contributed by atoms with van der Waals surface area (Å²) in [5.41, 5.74) is 7.17. The Morgan fingerprint density at radius 3 is 2.96 bits per heavy atom. The maximum atomic E-state index is 13.9. The highest BCUT2D eigenvalue weighted by Gasteiger charge is 2.14. The first-order valence-corrected chi connectivity index (χ1v) is 8.19. The Hall–Kier alpha value is -3.29. The summed E-state index contributed by atoms with van der Waals surface area (Å²) >= 11 is 0. The summed E-state index contributed by atoms with van der Waals surface area (Å²) < 4.78 is 26.6. The van der Waals surface area contributed by atoms with Gasteiger partial charge in [-0.25, -0.2) is 9.18 Å². The highest BCUT2D eigenvalue weighted by atomic mass is 19.1.